The van der Waals surface area contributed by atoms with E-state index in [1.807, 2.05) is 0 Å². The van der Waals surface area contributed by atoms with Gasteiger partial charge in [-0.15, -0.1) is 0 Å². The number of fused-ring (bicyclic) bond motifs is 1. The lowest BCUT2D eigenvalue weighted by Gasteiger charge is -2.10. The number of ether oxygens (including phenoxy) is 1. The molecule has 0 saturated heterocycles. The monoisotopic (exact) mass is 362 g/mol. The summed E-state index contributed by atoms with van der Waals surface area (Å²) in [4.78, 5) is 36.7. The topological polar surface area (TPSA) is 98.1 Å². The number of rotatable bonds is 4. The largest absolute Gasteiger partial charge is 0.375 e. The van der Waals surface area contributed by atoms with Crippen molar-refractivity contribution in [1.29, 1.82) is 0 Å². The molecule has 1 amide bonds. The van der Waals surface area contributed by atoms with E-state index in [4.69, 9.17) is 16.3 Å². The van der Waals surface area contributed by atoms with Gasteiger partial charge in [0.05, 0.1) is 22.3 Å². The maximum Gasteiger partial charge on any atom is 0.280 e. The van der Waals surface area contributed by atoms with Crippen LogP contribution < -0.4 is 16.5 Å². The normalized spacial score (nSPS) is 11.0. The van der Waals surface area contributed by atoms with Gasteiger partial charge in [-0.1, -0.05) is 11.6 Å². The molecule has 3 rings (SSSR count). The molecule has 0 aliphatic heterocycles. The summed E-state index contributed by atoms with van der Waals surface area (Å²) in [7, 11) is 1.37. The van der Waals surface area contributed by atoms with E-state index in [0.29, 0.717) is 27.3 Å². The third kappa shape index (κ3) is 3.09. The van der Waals surface area contributed by atoms with Crippen molar-refractivity contribution in [2.24, 2.45) is 0 Å². The van der Waals surface area contributed by atoms with E-state index >= 15 is 0 Å². The van der Waals surface area contributed by atoms with Gasteiger partial charge in [-0.3, -0.25) is 24.9 Å². The van der Waals surface area contributed by atoms with Crippen LogP contribution in [0.5, 0.6) is 0 Å². The van der Waals surface area contributed by atoms with Crippen molar-refractivity contribution in [3.05, 3.63) is 61.8 Å². The lowest BCUT2D eigenvalue weighted by Crippen LogP contribution is -2.36. The van der Waals surface area contributed by atoms with Crippen LogP contribution in [-0.4, -0.2) is 34.1 Å². The van der Waals surface area contributed by atoms with E-state index in [9.17, 15) is 14.4 Å². The lowest BCUT2D eigenvalue weighted by molar-refractivity contribution is -0.120. The number of benzene rings is 1. The summed E-state index contributed by atoms with van der Waals surface area (Å²) in [5, 5.41) is 3.74. The van der Waals surface area contributed by atoms with Crippen LogP contribution >= 0.6 is 11.6 Å². The standard InChI is InChI=1S/C16H15ClN4O4/c1-9-15-12(7-14(23)20(9)19-13(22)8-25-2)18-21(16(15)24)11-5-3-10(17)4-6-11/h3-7,18H,8H2,1-2H3,(H,19,22). The fourth-order valence-electron chi connectivity index (χ4n) is 2.57. The van der Waals surface area contributed by atoms with E-state index in [0.717, 1.165) is 4.68 Å². The molecular weight excluding hydrogens is 348 g/mol. The molecule has 0 aliphatic carbocycles. The minimum absolute atomic E-state index is 0.202. The van der Waals surface area contributed by atoms with Crippen LogP contribution in [0.4, 0.5) is 0 Å². The second kappa shape index (κ2) is 6.58. The van der Waals surface area contributed by atoms with Crippen LogP contribution in [0.25, 0.3) is 16.6 Å². The Bertz CT molecular complexity index is 1060. The number of nitrogens with one attached hydrogen (secondary N) is 2. The van der Waals surface area contributed by atoms with Crippen LogP contribution in [0.2, 0.25) is 5.02 Å². The zero-order valence-electron chi connectivity index (χ0n) is 13.5. The predicted octanol–water partition coefficient (Wildman–Crippen LogP) is 1.16. The number of pyridine rings is 1. The number of carbonyl (C=O) groups excluding carboxylic acids is 1. The van der Waals surface area contributed by atoms with E-state index in [1.54, 1.807) is 31.2 Å². The van der Waals surface area contributed by atoms with Crippen molar-refractivity contribution < 1.29 is 9.53 Å². The molecule has 0 radical (unpaired) electrons. The number of amides is 1. The van der Waals surface area contributed by atoms with E-state index in [-0.39, 0.29) is 12.2 Å². The van der Waals surface area contributed by atoms with Gasteiger partial charge in [-0.2, -0.15) is 0 Å². The van der Waals surface area contributed by atoms with E-state index in [2.05, 4.69) is 10.5 Å². The SMILES string of the molecule is COCC(=O)Nn1c(C)c2c(=O)n(-c3ccc(Cl)cc3)[nH]c2cc1=O. The molecule has 1 aromatic carbocycles. The number of aryl methyl sites for hydroxylation is 1. The molecule has 0 atom stereocenters. The third-order valence-electron chi connectivity index (χ3n) is 3.70. The Balaban J connectivity index is 2.17. The van der Waals surface area contributed by atoms with Crippen LogP contribution in [0.1, 0.15) is 5.69 Å². The highest BCUT2D eigenvalue weighted by molar-refractivity contribution is 6.30. The molecule has 0 bridgehead atoms. The molecule has 0 aliphatic rings. The summed E-state index contributed by atoms with van der Waals surface area (Å²) in [6.45, 7) is 1.38. The van der Waals surface area contributed by atoms with Gasteiger partial charge < -0.3 is 4.74 Å². The number of H-pyrrole nitrogens is 1. The first kappa shape index (κ1) is 17.0. The molecule has 3 aromatic rings. The van der Waals surface area contributed by atoms with E-state index < -0.39 is 11.5 Å². The highest BCUT2D eigenvalue weighted by atomic mass is 35.5. The minimum atomic E-state index is -0.499. The van der Waals surface area contributed by atoms with Gasteiger partial charge in [0.25, 0.3) is 17.0 Å². The Morgan fingerprint density at radius 1 is 1.28 bits per heavy atom. The van der Waals surface area contributed by atoms with Crippen molar-refractivity contribution in [2.45, 2.75) is 6.92 Å². The van der Waals surface area contributed by atoms with Gasteiger partial charge >= 0.3 is 0 Å². The molecule has 0 unspecified atom stereocenters. The number of aromatic amines is 1. The Hall–Kier alpha value is -2.84. The van der Waals surface area contributed by atoms with Crippen molar-refractivity contribution in [3.63, 3.8) is 0 Å². The fraction of sp³-hybridized carbons (Fsp3) is 0.188. The molecule has 0 saturated carbocycles. The Morgan fingerprint density at radius 2 is 1.96 bits per heavy atom. The van der Waals surface area contributed by atoms with Crippen molar-refractivity contribution >= 4 is 28.4 Å². The van der Waals surface area contributed by atoms with Crippen LogP contribution in [0.3, 0.4) is 0 Å². The molecule has 130 valence electrons. The first-order valence-corrected chi connectivity index (χ1v) is 7.72. The third-order valence-corrected chi connectivity index (χ3v) is 3.95. The minimum Gasteiger partial charge on any atom is -0.375 e. The highest BCUT2D eigenvalue weighted by Crippen LogP contribution is 2.15. The first-order chi connectivity index (χ1) is 11.9. The molecule has 25 heavy (non-hydrogen) atoms. The number of hydrogen-bond acceptors (Lipinski definition) is 4. The summed E-state index contributed by atoms with van der Waals surface area (Å²) in [5.74, 6) is -0.499. The summed E-state index contributed by atoms with van der Waals surface area (Å²) < 4.78 is 7.08. The molecular formula is C16H15ClN4O4. The Morgan fingerprint density at radius 3 is 2.60 bits per heavy atom. The van der Waals surface area contributed by atoms with Gasteiger partial charge in [0.2, 0.25) is 0 Å². The number of hydrogen-bond donors (Lipinski definition) is 2. The number of halogens is 1. The quantitative estimate of drug-likeness (QED) is 0.727. The zero-order chi connectivity index (χ0) is 18.1. The summed E-state index contributed by atoms with van der Waals surface area (Å²) >= 11 is 5.87. The number of methoxy groups -OCH3 is 1. The smallest absolute Gasteiger partial charge is 0.280 e. The maximum absolute atomic E-state index is 12.8. The Labute approximate surface area is 146 Å². The Kier molecular flexibility index (Phi) is 4.47. The zero-order valence-corrected chi connectivity index (χ0v) is 14.3. The molecule has 0 fully saturated rings. The average Bonchev–Trinajstić information content (AvgIpc) is 2.89. The predicted molar refractivity (Wildman–Crippen MR) is 94.1 cm³/mol. The molecule has 2 heterocycles. The maximum atomic E-state index is 12.8. The highest BCUT2D eigenvalue weighted by Gasteiger charge is 2.16. The van der Waals surface area contributed by atoms with Crippen molar-refractivity contribution in [2.75, 3.05) is 19.1 Å². The van der Waals surface area contributed by atoms with Gasteiger partial charge in [0.15, 0.2) is 0 Å². The summed E-state index contributed by atoms with van der Waals surface area (Å²) in [6, 6.07) is 7.93. The molecule has 2 N–H and O–H groups in total. The molecule has 9 heteroatoms. The van der Waals surface area contributed by atoms with Gasteiger partial charge in [0.1, 0.15) is 6.61 Å². The first-order valence-electron chi connectivity index (χ1n) is 7.34. The second-order valence-corrected chi connectivity index (χ2v) is 5.83. The molecule has 2 aromatic heterocycles. The number of nitrogens with zero attached hydrogens (tertiary/aromatic N) is 2. The summed E-state index contributed by atoms with van der Waals surface area (Å²) in [5.41, 5.74) is 2.87. The van der Waals surface area contributed by atoms with Gasteiger partial charge in [-0.05, 0) is 31.2 Å². The van der Waals surface area contributed by atoms with Gasteiger partial charge in [-0.25, -0.2) is 9.36 Å². The number of aromatic nitrogens is 3. The van der Waals surface area contributed by atoms with E-state index in [1.165, 1.54) is 17.9 Å². The molecule has 8 nitrogen and oxygen atoms in total. The molecule has 0 spiro atoms. The average molecular weight is 363 g/mol. The summed E-state index contributed by atoms with van der Waals surface area (Å²) in [6.07, 6.45) is 0. The second-order valence-electron chi connectivity index (χ2n) is 5.39. The lowest BCUT2D eigenvalue weighted by atomic mass is 10.2. The number of carbonyl (C=O) groups is 1. The fourth-order valence-corrected chi connectivity index (χ4v) is 2.70. The van der Waals surface area contributed by atoms with Crippen LogP contribution in [0.15, 0.2) is 39.9 Å². The van der Waals surface area contributed by atoms with Crippen LogP contribution in [0, 0.1) is 6.92 Å². The van der Waals surface area contributed by atoms with Gasteiger partial charge in [0, 0.05) is 18.2 Å². The van der Waals surface area contributed by atoms with Crippen molar-refractivity contribution in [3.8, 4) is 5.69 Å². The van der Waals surface area contributed by atoms with Crippen molar-refractivity contribution in [1.82, 2.24) is 14.5 Å². The van der Waals surface area contributed by atoms with Crippen LogP contribution in [-0.2, 0) is 9.53 Å².